The molecule has 0 amide bonds. The van der Waals surface area contributed by atoms with Crippen molar-refractivity contribution in [1.82, 2.24) is 5.32 Å². The van der Waals surface area contributed by atoms with Gasteiger partial charge in [0.25, 0.3) is 0 Å². The molecule has 2 N–H and O–H groups in total. The molecular formula is C12H15ClFNO. The molecule has 0 aromatic heterocycles. The van der Waals surface area contributed by atoms with Crippen LogP contribution in [0.15, 0.2) is 18.2 Å². The van der Waals surface area contributed by atoms with E-state index < -0.39 is 6.10 Å². The van der Waals surface area contributed by atoms with Gasteiger partial charge in [0.05, 0.1) is 6.10 Å². The van der Waals surface area contributed by atoms with Gasteiger partial charge in [0.1, 0.15) is 5.82 Å². The molecular weight excluding hydrogens is 229 g/mol. The second kappa shape index (κ2) is 5.13. The highest BCUT2D eigenvalue weighted by atomic mass is 35.5. The van der Waals surface area contributed by atoms with Gasteiger partial charge in [-0.2, -0.15) is 0 Å². The van der Waals surface area contributed by atoms with Crippen LogP contribution in [0.4, 0.5) is 4.39 Å². The Morgan fingerprint density at radius 1 is 1.50 bits per heavy atom. The van der Waals surface area contributed by atoms with E-state index >= 15 is 0 Å². The Hall–Kier alpha value is -0.640. The van der Waals surface area contributed by atoms with Crippen LogP contribution in [0.2, 0.25) is 5.02 Å². The first-order valence-corrected chi connectivity index (χ1v) is 5.88. The molecule has 0 radical (unpaired) electrons. The molecule has 88 valence electrons. The Morgan fingerprint density at radius 2 is 2.25 bits per heavy atom. The molecule has 2 rings (SSSR count). The molecule has 0 spiro atoms. The van der Waals surface area contributed by atoms with Crippen LogP contribution in [0.25, 0.3) is 0 Å². The topological polar surface area (TPSA) is 32.3 Å². The first-order valence-electron chi connectivity index (χ1n) is 5.50. The maximum atomic E-state index is 13.4. The van der Waals surface area contributed by atoms with Crippen LogP contribution in [-0.2, 0) is 6.42 Å². The zero-order chi connectivity index (χ0) is 11.5. The summed E-state index contributed by atoms with van der Waals surface area (Å²) >= 11 is 5.65. The number of hydrogen-bond donors (Lipinski definition) is 2. The SMILES string of the molecule is OC(CNC1CC1)Cc1ccc(Cl)cc1F. The summed E-state index contributed by atoms with van der Waals surface area (Å²) in [7, 11) is 0. The van der Waals surface area contributed by atoms with Crippen molar-refractivity contribution in [3.63, 3.8) is 0 Å². The van der Waals surface area contributed by atoms with Crippen molar-refractivity contribution < 1.29 is 9.50 Å². The van der Waals surface area contributed by atoms with Gasteiger partial charge in [-0.3, -0.25) is 0 Å². The monoisotopic (exact) mass is 243 g/mol. The summed E-state index contributed by atoms with van der Waals surface area (Å²) < 4.78 is 13.4. The largest absolute Gasteiger partial charge is 0.391 e. The fourth-order valence-electron chi connectivity index (χ4n) is 1.60. The standard InChI is InChI=1S/C12H15ClFNO/c13-9-2-1-8(12(14)6-9)5-11(16)7-15-10-3-4-10/h1-2,6,10-11,15-16H,3-5,7H2. The van der Waals surface area contributed by atoms with Crippen LogP contribution in [0, 0.1) is 5.82 Å². The number of hydrogen-bond acceptors (Lipinski definition) is 2. The lowest BCUT2D eigenvalue weighted by Crippen LogP contribution is -2.30. The summed E-state index contributed by atoms with van der Waals surface area (Å²) in [6.45, 7) is 0.521. The molecule has 1 aromatic rings. The van der Waals surface area contributed by atoms with Crippen LogP contribution in [-0.4, -0.2) is 23.8 Å². The van der Waals surface area contributed by atoms with E-state index in [-0.39, 0.29) is 5.82 Å². The maximum Gasteiger partial charge on any atom is 0.127 e. The molecule has 1 aliphatic carbocycles. The number of aliphatic hydroxyl groups excluding tert-OH is 1. The molecule has 2 nitrogen and oxygen atoms in total. The van der Waals surface area contributed by atoms with Crippen molar-refractivity contribution in [2.45, 2.75) is 31.4 Å². The van der Waals surface area contributed by atoms with E-state index in [4.69, 9.17) is 11.6 Å². The van der Waals surface area contributed by atoms with E-state index in [1.54, 1.807) is 12.1 Å². The van der Waals surface area contributed by atoms with Gasteiger partial charge in [0.15, 0.2) is 0 Å². The first kappa shape index (κ1) is 11.8. The zero-order valence-corrected chi connectivity index (χ0v) is 9.67. The van der Waals surface area contributed by atoms with Crippen LogP contribution in [0.5, 0.6) is 0 Å². The molecule has 0 bridgehead atoms. The number of halogens is 2. The van der Waals surface area contributed by atoms with Crippen LogP contribution in [0.3, 0.4) is 0 Å². The Labute approximate surface area is 99.4 Å². The highest BCUT2D eigenvalue weighted by molar-refractivity contribution is 6.30. The molecule has 1 atom stereocenters. The van der Waals surface area contributed by atoms with Gasteiger partial charge in [-0.15, -0.1) is 0 Å². The van der Waals surface area contributed by atoms with Gasteiger partial charge in [0.2, 0.25) is 0 Å². The fourth-order valence-corrected chi connectivity index (χ4v) is 1.76. The van der Waals surface area contributed by atoms with E-state index in [1.807, 2.05) is 0 Å². The predicted molar refractivity (Wildman–Crippen MR) is 62.1 cm³/mol. The third-order valence-corrected chi connectivity index (χ3v) is 2.93. The molecule has 0 heterocycles. The Kier molecular flexibility index (Phi) is 3.79. The summed E-state index contributed by atoms with van der Waals surface area (Å²) in [5.41, 5.74) is 0.509. The van der Waals surface area contributed by atoms with Crippen LogP contribution in [0.1, 0.15) is 18.4 Å². The minimum absolute atomic E-state index is 0.322. The summed E-state index contributed by atoms with van der Waals surface area (Å²) in [6, 6.07) is 5.10. The van der Waals surface area contributed by atoms with E-state index in [2.05, 4.69) is 5.32 Å². The van der Waals surface area contributed by atoms with Gasteiger partial charge < -0.3 is 10.4 Å². The van der Waals surface area contributed by atoms with Gasteiger partial charge >= 0.3 is 0 Å². The maximum absolute atomic E-state index is 13.4. The summed E-state index contributed by atoms with van der Waals surface area (Å²) in [5, 5.41) is 13.3. The Bertz CT molecular complexity index is 368. The normalized spacial score (nSPS) is 17.4. The molecule has 0 saturated heterocycles. The average Bonchev–Trinajstić information content (AvgIpc) is 3.03. The third-order valence-electron chi connectivity index (χ3n) is 2.69. The second-order valence-electron chi connectivity index (χ2n) is 4.28. The number of nitrogens with one attached hydrogen (secondary N) is 1. The van der Waals surface area contributed by atoms with Crippen LogP contribution >= 0.6 is 11.6 Å². The predicted octanol–water partition coefficient (Wildman–Crippen LogP) is 2.13. The minimum Gasteiger partial charge on any atom is -0.391 e. The second-order valence-corrected chi connectivity index (χ2v) is 4.71. The van der Waals surface area contributed by atoms with Gasteiger partial charge in [-0.25, -0.2) is 4.39 Å². The van der Waals surface area contributed by atoms with Crippen molar-refractivity contribution in [2.24, 2.45) is 0 Å². The molecule has 4 heteroatoms. The van der Waals surface area contributed by atoms with Crippen molar-refractivity contribution in [2.75, 3.05) is 6.54 Å². The quantitative estimate of drug-likeness (QED) is 0.831. The smallest absolute Gasteiger partial charge is 0.127 e. The molecule has 1 unspecified atom stereocenters. The van der Waals surface area contributed by atoms with Crippen LogP contribution < -0.4 is 5.32 Å². The van der Waals surface area contributed by atoms with E-state index in [9.17, 15) is 9.50 Å². The van der Waals surface area contributed by atoms with Gasteiger partial charge in [-0.1, -0.05) is 17.7 Å². The van der Waals surface area contributed by atoms with Crippen molar-refractivity contribution in [3.05, 3.63) is 34.6 Å². The molecule has 0 aliphatic heterocycles. The lowest BCUT2D eigenvalue weighted by Gasteiger charge is -2.12. The number of rotatable bonds is 5. The first-order chi connectivity index (χ1) is 7.65. The Balaban J connectivity index is 1.86. The van der Waals surface area contributed by atoms with Gasteiger partial charge in [0, 0.05) is 24.0 Å². The van der Waals surface area contributed by atoms with E-state index in [1.165, 1.54) is 18.9 Å². The molecule has 1 aromatic carbocycles. The highest BCUT2D eigenvalue weighted by Gasteiger charge is 2.21. The van der Waals surface area contributed by atoms with Crippen molar-refractivity contribution in [3.8, 4) is 0 Å². The van der Waals surface area contributed by atoms with Gasteiger partial charge in [-0.05, 0) is 30.5 Å². The third kappa shape index (κ3) is 3.44. The van der Waals surface area contributed by atoms with Crippen molar-refractivity contribution >= 4 is 11.6 Å². The number of aliphatic hydroxyl groups is 1. The Morgan fingerprint density at radius 3 is 2.88 bits per heavy atom. The minimum atomic E-state index is -0.545. The molecule has 1 aliphatic rings. The molecule has 1 fully saturated rings. The van der Waals surface area contributed by atoms with E-state index in [0.717, 1.165) is 0 Å². The summed E-state index contributed by atoms with van der Waals surface area (Å²) in [6.07, 6.45) is 2.14. The lowest BCUT2D eigenvalue weighted by molar-refractivity contribution is 0.170. The summed E-state index contributed by atoms with van der Waals surface area (Å²) in [4.78, 5) is 0. The molecule has 1 saturated carbocycles. The fraction of sp³-hybridized carbons (Fsp3) is 0.500. The summed E-state index contributed by atoms with van der Waals surface area (Å²) in [5.74, 6) is -0.349. The average molecular weight is 244 g/mol. The lowest BCUT2D eigenvalue weighted by atomic mass is 10.1. The highest BCUT2D eigenvalue weighted by Crippen LogP contribution is 2.19. The zero-order valence-electron chi connectivity index (χ0n) is 8.92. The number of benzene rings is 1. The van der Waals surface area contributed by atoms with E-state index in [0.29, 0.717) is 29.6 Å². The van der Waals surface area contributed by atoms with Crippen molar-refractivity contribution in [1.29, 1.82) is 0 Å². The molecule has 16 heavy (non-hydrogen) atoms.